The molecule has 4 aromatic heterocycles. The Morgan fingerprint density at radius 2 is 1.56 bits per heavy atom. The fourth-order valence-corrected chi connectivity index (χ4v) is 3.97. The van der Waals surface area contributed by atoms with E-state index in [0.717, 1.165) is 12.3 Å². The van der Waals surface area contributed by atoms with E-state index in [1.165, 1.54) is 23.4 Å². The molecule has 4 heterocycles. The van der Waals surface area contributed by atoms with E-state index in [0.29, 0.717) is 23.2 Å². The molecule has 0 fully saturated rings. The van der Waals surface area contributed by atoms with Crippen molar-refractivity contribution in [1.29, 1.82) is 5.26 Å². The first-order chi connectivity index (χ1) is 19.7. The summed E-state index contributed by atoms with van der Waals surface area (Å²) < 4.78 is 39.1. The number of aromatic nitrogens is 11. The highest BCUT2D eigenvalue weighted by Crippen LogP contribution is 2.29. The first-order valence-corrected chi connectivity index (χ1v) is 14.5. The van der Waals surface area contributed by atoms with Crippen LogP contribution in [0, 0.1) is 11.3 Å². The molecule has 0 aliphatic carbocycles. The van der Waals surface area contributed by atoms with Gasteiger partial charge in [0.1, 0.15) is 12.4 Å². The molecule has 0 spiro atoms. The van der Waals surface area contributed by atoms with Crippen LogP contribution in [0.4, 0.5) is 13.2 Å². The highest BCUT2D eigenvalue weighted by Gasteiger charge is 2.27. The van der Waals surface area contributed by atoms with Gasteiger partial charge in [-0.25, -0.2) is 24.9 Å². The fraction of sp³-hybridized carbons (Fsp3) is 0.455. The third kappa shape index (κ3) is 10.00. The monoisotopic (exact) mass is 608 g/mol. The van der Waals surface area contributed by atoms with Crippen LogP contribution in [-0.2, 0) is 0 Å². The lowest BCUT2D eigenvalue weighted by molar-refractivity contribution is -0.0327. The number of hydrogen-bond donors (Lipinski definition) is 2. The minimum atomic E-state index is -4.23. The molecule has 0 aromatic carbocycles. The lowest BCUT2D eigenvalue weighted by Gasteiger charge is -2.14. The van der Waals surface area contributed by atoms with Crippen molar-refractivity contribution in [3.05, 3.63) is 54.4 Å². The van der Waals surface area contributed by atoms with Crippen LogP contribution >= 0.6 is 23.5 Å². The van der Waals surface area contributed by atoms with E-state index in [4.69, 9.17) is 5.26 Å². The van der Waals surface area contributed by atoms with Crippen LogP contribution in [0.15, 0.2) is 37.2 Å². The van der Waals surface area contributed by atoms with Crippen molar-refractivity contribution < 1.29 is 13.2 Å². The van der Waals surface area contributed by atoms with Crippen molar-refractivity contribution in [2.45, 2.75) is 31.4 Å². The number of thioether (sulfide) groups is 2. The van der Waals surface area contributed by atoms with Crippen LogP contribution in [0.5, 0.6) is 0 Å². The summed E-state index contributed by atoms with van der Waals surface area (Å²) >= 11 is 1.71. The predicted octanol–water partition coefficient (Wildman–Crippen LogP) is 2.30. The zero-order valence-corrected chi connectivity index (χ0v) is 23.9. The maximum Gasteiger partial charge on any atom is 0.441 e. The molecule has 19 heteroatoms. The minimum Gasteiger partial charge on any atom is -0.307 e. The number of nitriles is 1. The van der Waals surface area contributed by atoms with E-state index >= 15 is 0 Å². The SMILES string of the molecule is CC(NCCSC(F)(F)F)c1ncnn1-c1ncc(C#N)cn1.CSCCNC(C)c1nnnn1-c1ncccn1. The van der Waals surface area contributed by atoms with Gasteiger partial charge in [0, 0.05) is 37.0 Å². The van der Waals surface area contributed by atoms with Crippen molar-refractivity contribution in [3.63, 3.8) is 0 Å². The molecule has 4 aromatic rings. The summed E-state index contributed by atoms with van der Waals surface area (Å²) in [7, 11) is 0. The first kappa shape index (κ1) is 31.8. The van der Waals surface area contributed by atoms with Gasteiger partial charge in [0.15, 0.2) is 11.6 Å². The molecule has 2 unspecified atom stereocenters. The van der Waals surface area contributed by atoms with Gasteiger partial charge in [-0.15, -0.1) is 5.10 Å². The second-order valence-corrected chi connectivity index (χ2v) is 10.2. The second kappa shape index (κ2) is 15.9. The quantitative estimate of drug-likeness (QED) is 0.224. The maximum absolute atomic E-state index is 12.1. The summed E-state index contributed by atoms with van der Waals surface area (Å²) in [6, 6.07) is 3.37. The second-order valence-electron chi connectivity index (χ2n) is 8.05. The Kier molecular flexibility index (Phi) is 12.3. The van der Waals surface area contributed by atoms with Crippen LogP contribution in [-0.4, -0.2) is 91.3 Å². The Morgan fingerprint density at radius 1 is 0.927 bits per heavy atom. The number of alkyl halides is 3. The minimum absolute atomic E-state index is 0.0518. The average Bonchev–Trinajstić information content (AvgIpc) is 3.66. The molecule has 0 aliphatic heterocycles. The van der Waals surface area contributed by atoms with Crippen LogP contribution in [0.2, 0.25) is 0 Å². The molecule has 0 saturated heterocycles. The average molecular weight is 609 g/mol. The van der Waals surface area contributed by atoms with Gasteiger partial charge >= 0.3 is 5.51 Å². The summed E-state index contributed by atoms with van der Waals surface area (Å²) in [5, 5.41) is 30.7. The number of nitrogens with one attached hydrogen (secondary N) is 2. The highest BCUT2D eigenvalue weighted by molar-refractivity contribution is 8.00. The van der Waals surface area contributed by atoms with Crippen molar-refractivity contribution in [2.75, 3.05) is 30.9 Å². The molecule has 14 nitrogen and oxygen atoms in total. The number of nitrogens with zero attached hydrogens (tertiary/aromatic N) is 12. The summed E-state index contributed by atoms with van der Waals surface area (Å²) in [6.07, 6.45) is 9.42. The van der Waals surface area contributed by atoms with Gasteiger partial charge in [0.2, 0.25) is 0 Å². The largest absolute Gasteiger partial charge is 0.441 e. The van der Waals surface area contributed by atoms with Crippen LogP contribution < -0.4 is 10.6 Å². The Hall–Kier alpha value is -3.73. The van der Waals surface area contributed by atoms with E-state index in [1.54, 1.807) is 41.8 Å². The van der Waals surface area contributed by atoms with Crippen molar-refractivity contribution in [1.82, 2.24) is 65.5 Å². The van der Waals surface area contributed by atoms with Gasteiger partial charge in [0.25, 0.3) is 11.9 Å². The lowest BCUT2D eigenvalue weighted by atomic mass is 10.3. The van der Waals surface area contributed by atoms with Crippen LogP contribution in [0.1, 0.15) is 43.1 Å². The molecule has 41 heavy (non-hydrogen) atoms. The fourth-order valence-electron chi connectivity index (χ4n) is 3.20. The van der Waals surface area contributed by atoms with E-state index < -0.39 is 5.51 Å². The third-order valence-corrected chi connectivity index (χ3v) is 6.46. The third-order valence-electron chi connectivity index (χ3n) is 5.12. The number of hydrogen-bond acceptors (Lipinski definition) is 14. The van der Waals surface area contributed by atoms with Crippen LogP contribution in [0.25, 0.3) is 11.9 Å². The van der Waals surface area contributed by atoms with Gasteiger partial charge < -0.3 is 10.6 Å². The summed E-state index contributed by atoms with van der Waals surface area (Å²) in [6.45, 7) is 4.84. The molecular formula is C22H27F3N14S2. The number of halogens is 3. The Morgan fingerprint density at radius 3 is 2.20 bits per heavy atom. The van der Waals surface area contributed by atoms with Crippen molar-refractivity contribution in [3.8, 4) is 18.0 Å². The summed E-state index contributed by atoms with van der Waals surface area (Å²) in [5.41, 5.74) is -3.92. The van der Waals surface area contributed by atoms with E-state index in [2.05, 4.69) is 62.4 Å². The number of tetrazole rings is 1. The molecule has 2 atom stereocenters. The molecule has 0 aliphatic rings. The standard InChI is InChI=1S/C12H12F3N7S.C10H15N7S/c1-8(17-2-3-23-12(13,14)15)10-20-7-21-22(10)11-18-5-9(4-16)6-19-11;1-8(11-6-7-18-2)9-14-15-16-17(9)10-12-4-3-5-13-10/h5-8,17H,2-3H2,1H3;3-5,8,11H,6-7H2,1-2H3. The van der Waals surface area contributed by atoms with E-state index in [9.17, 15) is 13.2 Å². The molecular weight excluding hydrogens is 581 g/mol. The molecule has 218 valence electrons. The summed E-state index contributed by atoms with van der Waals surface area (Å²) in [4.78, 5) is 20.4. The normalized spacial score (nSPS) is 12.7. The lowest BCUT2D eigenvalue weighted by Crippen LogP contribution is -2.25. The van der Waals surface area contributed by atoms with Crippen molar-refractivity contribution >= 4 is 23.5 Å². The van der Waals surface area contributed by atoms with Crippen molar-refractivity contribution in [2.24, 2.45) is 0 Å². The van der Waals surface area contributed by atoms with Gasteiger partial charge in [-0.05, 0) is 48.4 Å². The van der Waals surface area contributed by atoms with Gasteiger partial charge in [-0.1, -0.05) is 0 Å². The van der Waals surface area contributed by atoms with E-state index in [-0.39, 0.29) is 42.1 Å². The van der Waals surface area contributed by atoms with Crippen LogP contribution in [0.3, 0.4) is 0 Å². The van der Waals surface area contributed by atoms with Gasteiger partial charge in [-0.2, -0.15) is 44.7 Å². The smallest absolute Gasteiger partial charge is 0.307 e. The first-order valence-electron chi connectivity index (χ1n) is 12.1. The molecule has 4 rings (SSSR count). The highest BCUT2D eigenvalue weighted by atomic mass is 32.2. The van der Waals surface area contributed by atoms with Gasteiger partial charge in [0.05, 0.1) is 30.0 Å². The molecule has 0 bridgehead atoms. The molecule has 0 saturated carbocycles. The molecule has 0 radical (unpaired) electrons. The van der Waals surface area contributed by atoms with Gasteiger partial charge in [-0.3, -0.25) is 0 Å². The summed E-state index contributed by atoms with van der Waals surface area (Å²) in [5.74, 6) is 2.84. The predicted molar refractivity (Wildman–Crippen MR) is 146 cm³/mol. The zero-order chi connectivity index (χ0) is 29.7. The number of rotatable bonds is 12. The molecule has 0 amide bonds. The Balaban J connectivity index is 0.000000232. The molecule has 2 N–H and O–H groups in total. The Bertz CT molecular complexity index is 1360. The maximum atomic E-state index is 12.1. The Labute approximate surface area is 242 Å². The van der Waals surface area contributed by atoms with E-state index in [1.807, 2.05) is 13.0 Å². The zero-order valence-electron chi connectivity index (χ0n) is 22.3. The topological polar surface area (TPSA) is 174 Å².